The maximum absolute atomic E-state index is 5.36. The quantitative estimate of drug-likeness (QED) is 0.882. The number of hydrogen-bond acceptors (Lipinski definition) is 2. The lowest BCUT2D eigenvalue weighted by Crippen LogP contribution is -2.34. The molecule has 1 heterocycles. The van der Waals surface area contributed by atoms with Crippen LogP contribution in [-0.4, -0.2) is 12.6 Å². The van der Waals surface area contributed by atoms with Gasteiger partial charge in [0.2, 0.25) is 0 Å². The molecule has 1 aliphatic rings. The number of rotatable bonds is 5. The Balaban J connectivity index is 1.40. The molecule has 106 valence electrons. The van der Waals surface area contributed by atoms with Crippen molar-refractivity contribution in [1.82, 2.24) is 5.32 Å². The van der Waals surface area contributed by atoms with Gasteiger partial charge in [-0.25, -0.2) is 0 Å². The lowest BCUT2D eigenvalue weighted by molar-refractivity contribution is 0.341. The van der Waals surface area contributed by atoms with Gasteiger partial charge in [-0.15, -0.1) is 0 Å². The predicted molar refractivity (Wildman–Crippen MR) is 81.9 cm³/mol. The molecule has 0 bridgehead atoms. The van der Waals surface area contributed by atoms with Crippen molar-refractivity contribution in [3.8, 4) is 0 Å². The average Bonchev–Trinajstić information content (AvgIpc) is 3.02. The Morgan fingerprint density at radius 3 is 2.45 bits per heavy atom. The molecule has 1 aromatic heterocycles. The predicted octanol–water partition coefficient (Wildman–Crippen LogP) is 4.14. The van der Waals surface area contributed by atoms with Crippen molar-refractivity contribution in [2.45, 2.75) is 44.1 Å². The third-order valence-corrected chi connectivity index (χ3v) is 4.38. The molecule has 2 heteroatoms. The van der Waals surface area contributed by atoms with Crippen LogP contribution in [0, 0.1) is 0 Å². The van der Waals surface area contributed by atoms with Crippen LogP contribution in [0.15, 0.2) is 53.1 Å². The Morgan fingerprint density at radius 2 is 1.75 bits per heavy atom. The average molecular weight is 269 g/mol. The summed E-state index contributed by atoms with van der Waals surface area (Å²) in [5.41, 5.74) is 1.52. The highest BCUT2D eigenvalue weighted by Gasteiger charge is 2.21. The third kappa shape index (κ3) is 3.51. The number of nitrogens with one attached hydrogen (secondary N) is 1. The van der Waals surface area contributed by atoms with Crippen LogP contribution in [0.25, 0.3) is 0 Å². The highest BCUT2D eigenvalue weighted by atomic mass is 16.3. The number of hydrogen-bond donors (Lipinski definition) is 1. The molecule has 1 saturated carbocycles. The Labute approximate surface area is 121 Å². The van der Waals surface area contributed by atoms with Crippen molar-refractivity contribution in [1.29, 1.82) is 0 Å². The Bertz CT molecular complexity index is 483. The maximum Gasteiger partial charge on any atom is 0.105 e. The topological polar surface area (TPSA) is 25.2 Å². The van der Waals surface area contributed by atoms with E-state index in [4.69, 9.17) is 4.42 Å². The van der Waals surface area contributed by atoms with Crippen LogP contribution in [-0.2, 0) is 6.42 Å². The van der Waals surface area contributed by atoms with Gasteiger partial charge in [-0.05, 0) is 49.3 Å². The van der Waals surface area contributed by atoms with Gasteiger partial charge in [0.15, 0.2) is 0 Å². The summed E-state index contributed by atoms with van der Waals surface area (Å²) in [4.78, 5) is 0. The van der Waals surface area contributed by atoms with E-state index >= 15 is 0 Å². The smallest absolute Gasteiger partial charge is 0.105 e. The molecule has 0 saturated heterocycles. The van der Waals surface area contributed by atoms with Crippen LogP contribution in [0.1, 0.15) is 42.9 Å². The molecule has 2 nitrogen and oxygen atoms in total. The van der Waals surface area contributed by atoms with Crippen LogP contribution >= 0.6 is 0 Å². The molecule has 1 N–H and O–H groups in total. The van der Waals surface area contributed by atoms with Crippen molar-refractivity contribution in [2.24, 2.45) is 0 Å². The minimum atomic E-state index is 0.685. The zero-order chi connectivity index (χ0) is 13.6. The largest absolute Gasteiger partial charge is 0.469 e. The van der Waals surface area contributed by atoms with E-state index in [1.54, 1.807) is 6.26 Å². The molecule has 1 aliphatic carbocycles. The summed E-state index contributed by atoms with van der Waals surface area (Å²) in [5.74, 6) is 1.84. The van der Waals surface area contributed by atoms with Gasteiger partial charge in [-0.1, -0.05) is 30.3 Å². The van der Waals surface area contributed by atoms with E-state index in [-0.39, 0.29) is 0 Å². The van der Waals surface area contributed by atoms with E-state index in [0.29, 0.717) is 6.04 Å². The van der Waals surface area contributed by atoms with E-state index in [0.717, 1.165) is 24.6 Å². The molecule has 0 amide bonds. The minimum Gasteiger partial charge on any atom is -0.469 e. The lowest BCUT2D eigenvalue weighted by atomic mass is 9.82. The van der Waals surface area contributed by atoms with Gasteiger partial charge in [0.05, 0.1) is 6.26 Å². The van der Waals surface area contributed by atoms with Crippen LogP contribution < -0.4 is 5.32 Å². The molecule has 1 fully saturated rings. The fourth-order valence-corrected chi connectivity index (χ4v) is 3.21. The van der Waals surface area contributed by atoms with Crippen molar-refractivity contribution >= 4 is 0 Å². The highest BCUT2D eigenvalue weighted by Crippen LogP contribution is 2.32. The second kappa shape index (κ2) is 6.76. The van der Waals surface area contributed by atoms with Gasteiger partial charge in [-0.2, -0.15) is 0 Å². The summed E-state index contributed by atoms with van der Waals surface area (Å²) in [6.07, 6.45) is 7.94. The minimum absolute atomic E-state index is 0.685. The first-order valence-electron chi connectivity index (χ1n) is 7.72. The van der Waals surface area contributed by atoms with Gasteiger partial charge in [-0.3, -0.25) is 0 Å². The van der Waals surface area contributed by atoms with E-state index in [2.05, 4.69) is 35.6 Å². The second-order valence-electron chi connectivity index (χ2n) is 5.74. The van der Waals surface area contributed by atoms with Gasteiger partial charge in [0, 0.05) is 19.0 Å². The zero-order valence-corrected chi connectivity index (χ0v) is 11.9. The van der Waals surface area contributed by atoms with Crippen molar-refractivity contribution in [3.05, 3.63) is 60.1 Å². The first kappa shape index (κ1) is 13.4. The van der Waals surface area contributed by atoms with E-state index in [1.807, 2.05) is 12.1 Å². The van der Waals surface area contributed by atoms with Gasteiger partial charge < -0.3 is 9.73 Å². The number of benzene rings is 1. The summed E-state index contributed by atoms with van der Waals surface area (Å²) < 4.78 is 5.36. The summed E-state index contributed by atoms with van der Waals surface area (Å²) >= 11 is 0. The van der Waals surface area contributed by atoms with Crippen LogP contribution in [0.2, 0.25) is 0 Å². The van der Waals surface area contributed by atoms with Crippen molar-refractivity contribution in [3.63, 3.8) is 0 Å². The van der Waals surface area contributed by atoms with E-state index in [1.165, 1.54) is 31.2 Å². The first-order valence-corrected chi connectivity index (χ1v) is 7.72. The standard InChI is InChI=1S/C18H23NO/c1-2-5-15(6-3-1)16-8-10-17(11-9-16)19-13-12-18-7-4-14-20-18/h1-7,14,16-17,19H,8-13H2. The lowest BCUT2D eigenvalue weighted by Gasteiger charge is -2.29. The van der Waals surface area contributed by atoms with Crippen LogP contribution in [0.4, 0.5) is 0 Å². The Morgan fingerprint density at radius 1 is 0.950 bits per heavy atom. The number of furan rings is 1. The summed E-state index contributed by atoms with van der Waals surface area (Å²) in [7, 11) is 0. The molecule has 0 radical (unpaired) electrons. The molecule has 0 atom stereocenters. The van der Waals surface area contributed by atoms with Gasteiger partial charge >= 0.3 is 0 Å². The molecule has 20 heavy (non-hydrogen) atoms. The molecule has 3 rings (SSSR count). The van der Waals surface area contributed by atoms with Gasteiger partial charge in [0.1, 0.15) is 5.76 Å². The molecular weight excluding hydrogens is 246 g/mol. The molecule has 0 unspecified atom stereocenters. The first-order chi connectivity index (χ1) is 9.92. The third-order valence-electron chi connectivity index (χ3n) is 4.38. The molecule has 0 spiro atoms. The Kier molecular flexibility index (Phi) is 4.54. The summed E-state index contributed by atoms with van der Waals surface area (Å²) in [6.45, 7) is 1.02. The zero-order valence-electron chi connectivity index (χ0n) is 11.9. The van der Waals surface area contributed by atoms with E-state index < -0.39 is 0 Å². The van der Waals surface area contributed by atoms with Gasteiger partial charge in [0.25, 0.3) is 0 Å². The molecule has 0 aliphatic heterocycles. The monoisotopic (exact) mass is 269 g/mol. The molecule has 2 aromatic rings. The van der Waals surface area contributed by atoms with Crippen molar-refractivity contribution < 1.29 is 4.42 Å². The van der Waals surface area contributed by atoms with Crippen molar-refractivity contribution in [2.75, 3.05) is 6.54 Å². The van der Waals surface area contributed by atoms with Crippen LogP contribution in [0.3, 0.4) is 0 Å². The highest BCUT2D eigenvalue weighted by molar-refractivity contribution is 5.20. The Hall–Kier alpha value is -1.54. The van der Waals surface area contributed by atoms with E-state index in [9.17, 15) is 0 Å². The fraction of sp³-hybridized carbons (Fsp3) is 0.444. The second-order valence-corrected chi connectivity index (χ2v) is 5.74. The summed E-state index contributed by atoms with van der Waals surface area (Å²) in [5, 5.41) is 3.67. The maximum atomic E-state index is 5.36. The summed E-state index contributed by atoms with van der Waals surface area (Å²) in [6, 6.07) is 15.7. The fourth-order valence-electron chi connectivity index (χ4n) is 3.21. The molecule has 1 aromatic carbocycles. The normalized spacial score (nSPS) is 22.8. The molecular formula is C18H23NO. The van der Waals surface area contributed by atoms with Crippen LogP contribution in [0.5, 0.6) is 0 Å². The SMILES string of the molecule is c1ccc(C2CCC(NCCc3ccco3)CC2)cc1.